The molecule has 0 atom stereocenters. The maximum atomic E-state index is 5.12. The summed E-state index contributed by atoms with van der Waals surface area (Å²) < 4.78 is 5.12. The summed E-state index contributed by atoms with van der Waals surface area (Å²) in [7, 11) is 0. The first-order valence-corrected chi connectivity index (χ1v) is 10.6. The van der Waals surface area contributed by atoms with Crippen molar-refractivity contribution in [2.24, 2.45) is 0 Å². The monoisotopic (exact) mass is 326 g/mol. The Bertz CT molecular complexity index is 188. The first-order chi connectivity index (χ1) is 11.4. The number of hydrogen-bond acceptors (Lipinski definition) is 1. The highest BCUT2D eigenvalue weighted by molar-refractivity contribution is 4.51. The minimum absolute atomic E-state index is 0.849. The van der Waals surface area contributed by atoms with E-state index >= 15 is 0 Å². The lowest BCUT2D eigenvalue weighted by atomic mass is 10.0. The van der Waals surface area contributed by atoms with Crippen LogP contribution < -0.4 is 0 Å². The average Bonchev–Trinajstić information content (AvgIpc) is 2.59. The normalized spacial score (nSPS) is 10.0. The van der Waals surface area contributed by atoms with Gasteiger partial charge in [0.15, 0.2) is 0 Å². The van der Waals surface area contributed by atoms with Gasteiger partial charge < -0.3 is 4.74 Å². The van der Waals surface area contributed by atoms with Crippen LogP contribution in [0.4, 0.5) is 0 Å². The van der Waals surface area contributed by atoms with E-state index in [2.05, 4.69) is 13.5 Å². The van der Waals surface area contributed by atoms with Crippen molar-refractivity contribution in [1.29, 1.82) is 0 Å². The van der Waals surface area contributed by atoms with E-state index < -0.39 is 0 Å². The zero-order valence-corrected chi connectivity index (χ0v) is 16.7. The van der Waals surface area contributed by atoms with Crippen LogP contribution in [0.15, 0.2) is 12.8 Å². The molecule has 0 aromatic heterocycles. The summed E-state index contributed by atoms with van der Waals surface area (Å²) in [6.07, 6.45) is 24.2. The zero-order valence-electron chi connectivity index (χ0n) is 16.7. The summed E-state index contributed by atoms with van der Waals surface area (Å²) in [4.78, 5) is 0. The maximum Gasteiger partial charge on any atom is 0.0873 e. The van der Waals surface area contributed by atoms with Crippen molar-refractivity contribution in [2.75, 3.05) is 6.61 Å². The van der Waals surface area contributed by atoms with Crippen molar-refractivity contribution < 1.29 is 4.74 Å². The second-order valence-corrected chi connectivity index (χ2v) is 6.34. The number of hydrogen-bond donors (Lipinski definition) is 0. The standard InChI is InChI=1S/C20H40O.C2H6/c1-3-5-6-7-8-9-10-11-12-13-14-15-16-17-18-19-20-21-4-2;1-2/h4H,2-3,5-20H2,1H3;1-2H3. The molecule has 1 heteroatoms. The van der Waals surface area contributed by atoms with Gasteiger partial charge in [-0.2, -0.15) is 0 Å². The minimum Gasteiger partial charge on any atom is -0.502 e. The second-order valence-electron chi connectivity index (χ2n) is 6.34. The quantitative estimate of drug-likeness (QED) is 0.181. The molecule has 140 valence electrons. The Morgan fingerprint density at radius 3 is 1.17 bits per heavy atom. The van der Waals surface area contributed by atoms with E-state index in [1.807, 2.05) is 13.8 Å². The molecule has 0 aliphatic heterocycles. The summed E-state index contributed by atoms with van der Waals surface area (Å²) >= 11 is 0. The second kappa shape index (κ2) is 26.4. The molecule has 0 spiro atoms. The average molecular weight is 327 g/mol. The molecular formula is C22H46O. The molecule has 0 amide bonds. The Hall–Kier alpha value is -0.460. The Balaban J connectivity index is 0. The topological polar surface area (TPSA) is 9.23 Å². The lowest BCUT2D eigenvalue weighted by Crippen LogP contribution is -1.87. The molecular weight excluding hydrogens is 280 g/mol. The molecule has 0 N–H and O–H groups in total. The van der Waals surface area contributed by atoms with Gasteiger partial charge in [0.2, 0.25) is 0 Å². The van der Waals surface area contributed by atoms with Crippen molar-refractivity contribution in [2.45, 2.75) is 124 Å². The van der Waals surface area contributed by atoms with Gasteiger partial charge in [-0.15, -0.1) is 0 Å². The molecule has 23 heavy (non-hydrogen) atoms. The highest BCUT2D eigenvalue weighted by atomic mass is 16.5. The summed E-state index contributed by atoms with van der Waals surface area (Å²) in [5.41, 5.74) is 0. The molecule has 0 unspecified atom stereocenters. The number of rotatable bonds is 18. The fraction of sp³-hybridized carbons (Fsp3) is 0.909. The number of ether oxygens (including phenoxy) is 1. The van der Waals surface area contributed by atoms with E-state index in [0.717, 1.165) is 6.61 Å². The van der Waals surface area contributed by atoms with Gasteiger partial charge in [-0.1, -0.05) is 124 Å². The third kappa shape index (κ3) is 26.7. The maximum absolute atomic E-state index is 5.12. The van der Waals surface area contributed by atoms with Crippen molar-refractivity contribution >= 4 is 0 Å². The van der Waals surface area contributed by atoms with Crippen molar-refractivity contribution in [3.8, 4) is 0 Å². The van der Waals surface area contributed by atoms with Crippen LogP contribution in [0.25, 0.3) is 0 Å². The van der Waals surface area contributed by atoms with Crippen LogP contribution in [-0.2, 0) is 4.74 Å². The molecule has 0 heterocycles. The fourth-order valence-corrected chi connectivity index (χ4v) is 2.82. The molecule has 0 radical (unpaired) electrons. The van der Waals surface area contributed by atoms with Crippen LogP contribution >= 0.6 is 0 Å². The zero-order chi connectivity index (χ0) is 17.4. The summed E-state index contributed by atoms with van der Waals surface area (Å²) in [6.45, 7) is 10.7. The molecule has 0 saturated heterocycles. The van der Waals surface area contributed by atoms with Gasteiger partial charge in [0.05, 0.1) is 12.9 Å². The van der Waals surface area contributed by atoms with Crippen molar-refractivity contribution in [3.63, 3.8) is 0 Å². The van der Waals surface area contributed by atoms with Gasteiger partial charge in [-0.3, -0.25) is 0 Å². The Morgan fingerprint density at radius 1 is 0.565 bits per heavy atom. The first kappa shape index (κ1) is 24.8. The minimum atomic E-state index is 0.849. The highest BCUT2D eigenvalue weighted by Crippen LogP contribution is 2.13. The van der Waals surface area contributed by atoms with Gasteiger partial charge in [-0.05, 0) is 6.42 Å². The van der Waals surface area contributed by atoms with E-state index in [-0.39, 0.29) is 0 Å². The van der Waals surface area contributed by atoms with Gasteiger partial charge in [0.1, 0.15) is 0 Å². The lowest BCUT2D eigenvalue weighted by Gasteiger charge is -2.03. The third-order valence-electron chi connectivity index (χ3n) is 4.23. The van der Waals surface area contributed by atoms with Gasteiger partial charge in [0, 0.05) is 0 Å². The predicted molar refractivity (Wildman–Crippen MR) is 107 cm³/mol. The highest BCUT2D eigenvalue weighted by Gasteiger charge is 1.94. The van der Waals surface area contributed by atoms with E-state index in [9.17, 15) is 0 Å². The van der Waals surface area contributed by atoms with Crippen molar-refractivity contribution in [1.82, 2.24) is 0 Å². The molecule has 0 aliphatic carbocycles. The molecule has 0 aromatic rings. The van der Waals surface area contributed by atoms with E-state index in [4.69, 9.17) is 4.74 Å². The lowest BCUT2D eigenvalue weighted by molar-refractivity contribution is 0.241. The van der Waals surface area contributed by atoms with Crippen LogP contribution in [-0.4, -0.2) is 6.61 Å². The molecule has 0 aliphatic rings. The Morgan fingerprint density at radius 2 is 0.870 bits per heavy atom. The largest absolute Gasteiger partial charge is 0.502 e. The Labute approximate surface area is 148 Å². The predicted octanol–water partition coefficient (Wildman–Crippen LogP) is 8.43. The first-order valence-electron chi connectivity index (χ1n) is 10.6. The molecule has 0 aromatic carbocycles. The van der Waals surface area contributed by atoms with Crippen LogP contribution in [0.1, 0.15) is 124 Å². The molecule has 0 saturated carbocycles. The van der Waals surface area contributed by atoms with Gasteiger partial charge in [-0.25, -0.2) is 0 Å². The fourth-order valence-electron chi connectivity index (χ4n) is 2.82. The number of unbranched alkanes of at least 4 members (excludes halogenated alkanes) is 15. The molecule has 1 nitrogen and oxygen atoms in total. The van der Waals surface area contributed by atoms with E-state index in [1.54, 1.807) is 6.26 Å². The molecule has 0 bridgehead atoms. The third-order valence-corrected chi connectivity index (χ3v) is 4.23. The van der Waals surface area contributed by atoms with Crippen LogP contribution in [0, 0.1) is 0 Å². The molecule has 0 rings (SSSR count). The van der Waals surface area contributed by atoms with Crippen LogP contribution in [0.2, 0.25) is 0 Å². The van der Waals surface area contributed by atoms with E-state index in [1.165, 1.54) is 103 Å². The summed E-state index contributed by atoms with van der Waals surface area (Å²) in [5.74, 6) is 0. The van der Waals surface area contributed by atoms with Gasteiger partial charge >= 0.3 is 0 Å². The van der Waals surface area contributed by atoms with Crippen LogP contribution in [0.3, 0.4) is 0 Å². The molecule has 0 fully saturated rings. The smallest absolute Gasteiger partial charge is 0.0873 e. The van der Waals surface area contributed by atoms with Crippen LogP contribution in [0.5, 0.6) is 0 Å². The SMILES string of the molecule is C=COCCCCCCCCCCCCCCCCCC.CC. The van der Waals surface area contributed by atoms with Gasteiger partial charge in [0.25, 0.3) is 0 Å². The van der Waals surface area contributed by atoms with Crippen molar-refractivity contribution in [3.05, 3.63) is 12.8 Å². The van der Waals surface area contributed by atoms with E-state index in [0.29, 0.717) is 0 Å². The summed E-state index contributed by atoms with van der Waals surface area (Å²) in [5, 5.41) is 0. The Kier molecular flexibility index (Phi) is 28.5. The summed E-state index contributed by atoms with van der Waals surface area (Å²) in [6, 6.07) is 0.